The van der Waals surface area contributed by atoms with Gasteiger partial charge in [0, 0.05) is 18.3 Å². The molecule has 2 aliphatic rings. The van der Waals surface area contributed by atoms with Gasteiger partial charge in [-0.1, -0.05) is 18.2 Å². The van der Waals surface area contributed by atoms with Crippen molar-refractivity contribution in [1.29, 1.82) is 0 Å². The van der Waals surface area contributed by atoms with E-state index >= 15 is 0 Å². The zero-order valence-electron chi connectivity index (χ0n) is 11.9. The first kappa shape index (κ1) is 13.6. The minimum Gasteiger partial charge on any atom is -0.378 e. The molecule has 1 aromatic carbocycles. The van der Waals surface area contributed by atoms with Crippen LogP contribution < -0.4 is 10.6 Å². The molecule has 0 spiro atoms. The van der Waals surface area contributed by atoms with Gasteiger partial charge in [0.05, 0.1) is 12.1 Å². The molecule has 4 nitrogen and oxygen atoms in total. The van der Waals surface area contributed by atoms with Crippen molar-refractivity contribution in [3.05, 3.63) is 29.8 Å². The number of carbonyl (C=O) groups excluding carboxylic acids is 1. The molecular formula is C16H22N2O2. The largest absolute Gasteiger partial charge is 0.378 e. The molecule has 20 heavy (non-hydrogen) atoms. The van der Waals surface area contributed by atoms with E-state index in [1.807, 2.05) is 18.2 Å². The van der Waals surface area contributed by atoms with Crippen LogP contribution in [0.1, 0.15) is 31.7 Å². The van der Waals surface area contributed by atoms with Crippen LogP contribution in [-0.2, 0) is 16.0 Å². The number of para-hydroxylation sites is 1. The molecule has 0 aliphatic carbocycles. The number of rotatable bonds is 2. The average Bonchev–Trinajstić information content (AvgIpc) is 2.59. The lowest BCUT2D eigenvalue weighted by molar-refractivity contribution is -0.118. The minimum atomic E-state index is -0.0994. The number of nitrogens with one attached hydrogen (secondary N) is 2. The SMILES string of the molecule is CC1CC(NC2CCc3ccccc3NC2=O)CCO1. The van der Waals surface area contributed by atoms with Gasteiger partial charge in [-0.15, -0.1) is 0 Å². The van der Waals surface area contributed by atoms with Crippen LogP contribution in [0.2, 0.25) is 0 Å². The van der Waals surface area contributed by atoms with Crippen LogP contribution in [0, 0.1) is 0 Å². The van der Waals surface area contributed by atoms with Crippen molar-refractivity contribution in [2.24, 2.45) is 0 Å². The van der Waals surface area contributed by atoms with Gasteiger partial charge in [-0.3, -0.25) is 4.79 Å². The zero-order chi connectivity index (χ0) is 13.9. The van der Waals surface area contributed by atoms with E-state index in [-0.39, 0.29) is 18.1 Å². The van der Waals surface area contributed by atoms with Crippen molar-refractivity contribution in [2.75, 3.05) is 11.9 Å². The molecule has 3 rings (SSSR count). The molecule has 4 heteroatoms. The quantitative estimate of drug-likeness (QED) is 0.868. The summed E-state index contributed by atoms with van der Waals surface area (Å²) in [6.07, 6.45) is 4.05. The highest BCUT2D eigenvalue weighted by molar-refractivity contribution is 5.96. The average molecular weight is 274 g/mol. The summed E-state index contributed by atoms with van der Waals surface area (Å²) in [4.78, 5) is 12.3. The summed E-state index contributed by atoms with van der Waals surface area (Å²) in [5.41, 5.74) is 2.19. The van der Waals surface area contributed by atoms with Crippen LogP contribution in [0.5, 0.6) is 0 Å². The smallest absolute Gasteiger partial charge is 0.241 e. The van der Waals surface area contributed by atoms with Gasteiger partial charge >= 0.3 is 0 Å². The Kier molecular flexibility index (Phi) is 4.03. The Morgan fingerprint density at radius 1 is 1.30 bits per heavy atom. The summed E-state index contributed by atoms with van der Waals surface area (Å²) in [5, 5.41) is 6.56. The highest BCUT2D eigenvalue weighted by Crippen LogP contribution is 2.22. The summed E-state index contributed by atoms with van der Waals surface area (Å²) in [5.74, 6) is 0.0918. The zero-order valence-corrected chi connectivity index (χ0v) is 11.9. The Labute approximate surface area is 119 Å². The molecule has 1 aromatic rings. The maximum absolute atomic E-state index is 12.3. The van der Waals surface area contributed by atoms with Gasteiger partial charge in [-0.05, 0) is 44.2 Å². The van der Waals surface area contributed by atoms with Crippen LogP contribution >= 0.6 is 0 Å². The summed E-state index contributed by atoms with van der Waals surface area (Å²) < 4.78 is 5.56. The molecule has 2 heterocycles. The van der Waals surface area contributed by atoms with Gasteiger partial charge in [-0.25, -0.2) is 0 Å². The van der Waals surface area contributed by atoms with Gasteiger partial charge in [0.2, 0.25) is 5.91 Å². The highest BCUT2D eigenvalue weighted by Gasteiger charge is 2.27. The predicted octanol–water partition coefficient (Wildman–Crippen LogP) is 2.10. The number of anilines is 1. The van der Waals surface area contributed by atoms with E-state index in [0.717, 1.165) is 38.0 Å². The number of ether oxygens (including phenoxy) is 1. The third-order valence-electron chi connectivity index (χ3n) is 4.22. The second-order valence-corrected chi connectivity index (χ2v) is 5.81. The van der Waals surface area contributed by atoms with E-state index in [1.54, 1.807) is 0 Å². The number of amides is 1. The molecule has 0 aromatic heterocycles. The number of benzene rings is 1. The molecule has 2 N–H and O–H groups in total. The van der Waals surface area contributed by atoms with Crippen LogP contribution in [0.25, 0.3) is 0 Å². The fourth-order valence-electron chi connectivity index (χ4n) is 3.10. The van der Waals surface area contributed by atoms with Crippen LogP contribution in [0.3, 0.4) is 0 Å². The van der Waals surface area contributed by atoms with Crippen molar-refractivity contribution >= 4 is 11.6 Å². The molecule has 1 amide bonds. The topological polar surface area (TPSA) is 50.4 Å². The molecule has 108 valence electrons. The molecule has 0 radical (unpaired) electrons. The van der Waals surface area contributed by atoms with Gasteiger partial charge in [0.25, 0.3) is 0 Å². The number of hydrogen-bond donors (Lipinski definition) is 2. The number of fused-ring (bicyclic) bond motifs is 1. The van der Waals surface area contributed by atoms with Crippen molar-refractivity contribution in [1.82, 2.24) is 5.32 Å². The van der Waals surface area contributed by atoms with E-state index in [1.165, 1.54) is 5.56 Å². The Morgan fingerprint density at radius 2 is 2.15 bits per heavy atom. The van der Waals surface area contributed by atoms with Crippen molar-refractivity contribution in [2.45, 2.75) is 50.8 Å². The van der Waals surface area contributed by atoms with E-state index < -0.39 is 0 Å². The first-order valence-electron chi connectivity index (χ1n) is 7.49. The lowest BCUT2D eigenvalue weighted by atomic mass is 10.0. The van der Waals surface area contributed by atoms with Gasteiger partial charge in [-0.2, -0.15) is 0 Å². The molecule has 0 bridgehead atoms. The minimum absolute atomic E-state index is 0.0918. The molecule has 1 saturated heterocycles. The lowest BCUT2D eigenvalue weighted by Gasteiger charge is -2.30. The Balaban J connectivity index is 1.65. The van der Waals surface area contributed by atoms with E-state index in [4.69, 9.17) is 4.74 Å². The highest BCUT2D eigenvalue weighted by atomic mass is 16.5. The van der Waals surface area contributed by atoms with E-state index in [9.17, 15) is 4.79 Å². The van der Waals surface area contributed by atoms with Crippen LogP contribution in [0.4, 0.5) is 5.69 Å². The van der Waals surface area contributed by atoms with Crippen LogP contribution in [-0.4, -0.2) is 30.7 Å². The van der Waals surface area contributed by atoms with E-state index in [0.29, 0.717) is 6.04 Å². The molecular weight excluding hydrogens is 252 g/mol. The fraction of sp³-hybridized carbons (Fsp3) is 0.562. The third-order valence-corrected chi connectivity index (χ3v) is 4.22. The molecule has 3 atom stereocenters. The van der Waals surface area contributed by atoms with Crippen LogP contribution in [0.15, 0.2) is 24.3 Å². The molecule has 1 fully saturated rings. The lowest BCUT2D eigenvalue weighted by Crippen LogP contribution is -2.48. The molecule has 3 unspecified atom stereocenters. The van der Waals surface area contributed by atoms with Gasteiger partial charge < -0.3 is 15.4 Å². The molecule has 2 aliphatic heterocycles. The van der Waals surface area contributed by atoms with Gasteiger partial charge in [0.1, 0.15) is 0 Å². The molecule has 0 saturated carbocycles. The second kappa shape index (κ2) is 5.94. The number of aryl methyl sites for hydroxylation is 1. The maximum Gasteiger partial charge on any atom is 0.241 e. The van der Waals surface area contributed by atoms with Crippen molar-refractivity contribution in [3.63, 3.8) is 0 Å². The monoisotopic (exact) mass is 274 g/mol. The van der Waals surface area contributed by atoms with Gasteiger partial charge in [0.15, 0.2) is 0 Å². The number of hydrogen-bond acceptors (Lipinski definition) is 3. The van der Waals surface area contributed by atoms with Crippen molar-refractivity contribution < 1.29 is 9.53 Å². The fourth-order valence-corrected chi connectivity index (χ4v) is 3.10. The Bertz CT molecular complexity index is 489. The van der Waals surface area contributed by atoms with E-state index in [2.05, 4.69) is 23.6 Å². The Hall–Kier alpha value is -1.39. The predicted molar refractivity (Wildman–Crippen MR) is 78.8 cm³/mol. The second-order valence-electron chi connectivity index (χ2n) is 5.81. The maximum atomic E-state index is 12.3. The summed E-state index contributed by atoms with van der Waals surface area (Å²) in [6.45, 7) is 2.88. The van der Waals surface area contributed by atoms with Crippen molar-refractivity contribution in [3.8, 4) is 0 Å². The first-order valence-corrected chi connectivity index (χ1v) is 7.49. The summed E-state index contributed by atoms with van der Waals surface area (Å²) >= 11 is 0. The first-order chi connectivity index (χ1) is 9.72. The normalized spacial score (nSPS) is 30.2. The number of carbonyl (C=O) groups is 1. The Morgan fingerprint density at radius 3 is 3.00 bits per heavy atom. The standard InChI is InChI=1S/C16H22N2O2/c1-11-10-13(8-9-20-11)17-15-7-6-12-4-2-3-5-14(12)18-16(15)19/h2-5,11,13,15,17H,6-10H2,1H3,(H,18,19). The summed E-state index contributed by atoms with van der Waals surface area (Å²) in [6, 6.07) is 8.35. The summed E-state index contributed by atoms with van der Waals surface area (Å²) in [7, 11) is 0. The third kappa shape index (κ3) is 3.02.